The second-order valence-corrected chi connectivity index (χ2v) is 7.60. The Hall–Kier alpha value is -3.31. The summed E-state index contributed by atoms with van der Waals surface area (Å²) in [5, 5.41) is 10.1. The maximum atomic E-state index is 14.3. The molecule has 32 heavy (non-hydrogen) atoms. The molecule has 0 saturated heterocycles. The van der Waals surface area contributed by atoms with Crippen LogP contribution in [0.4, 0.5) is 8.78 Å². The van der Waals surface area contributed by atoms with Crippen LogP contribution in [0.3, 0.4) is 0 Å². The number of primary amides is 1. The topological polar surface area (TPSA) is 119 Å². The van der Waals surface area contributed by atoms with Gasteiger partial charge in [-0.15, -0.1) is 0 Å². The van der Waals surface area contributed by atoms with Crippen molar-refractivity contribution < 1.29 is 32.6 Å². The quantitative estimate of drug-likeness (QED) is 0.472. The fourth-order valence-electron chi connectivity index (χ4n) is 2.83. The van der Waals surface area contributed by atoms with Crippen molar-refractivity contribution in [1.82, 2.24) is 9.88 Å². The Morgan fingerprint density at radius 1 is 1.22 bits per heavy atom. The second-order valence-electron chi connectivity index (χ2n) is 6.88. The van der Waals surface area contributed by atoms with Crippen molar-refractivity contribution in [3.8, 4) is 17.0 Å². The summed E-state index contributed by atoms with van der Waals surface area (Å²) in [4.78, 5) is 28.9. The number of nitrogens with zero attached hydrogens (tertiary/aromatic N) is 2. The lowest BCUT2D eigenvalue weighted by Crippen LogP contribution is -2.21. The molecular weight excluding hydrogens is 492 g/mol. The van der Waals surface area contributed by atoms with E-state index in [1.54, 1.807) is 38.4 Å². The smallest absolute Gasteiger partial charge is 0.254 e. The number of hydrogen-bond acceptors (Lipinski definition) is 6. The Bertz CT molecular complexity index is 1160. The molecule has 3 rings (SSSR count). The maximum Gasteiger partial charge on any atom is 0.254 e. The zero-order chi connectivity index (χ0) is 23.6. The lowest BCUT2D eigenvalue weighted by molar-refractivity contribution is -0.0229. The maximum absolute atomic E-state index is 14.3. The highest BCUT2D eigenvalue weighted by atomic mass is 79.9. The van der Waals surface area contributed by atoms with Crippen molar-refractivity contribution in [1.29, 1.82) is 0 Å². The number of aliphatic hydroxyl groups is 1. The molecule has 0 bridgehead atoms. The van der Waals surface area contributed by atoms with Gasteiger partial charge in [0.05, 0.1) is 6.42 Å². The van der Waals surface area contributed by atoms with Crippen LogP contribution >= 0.6 is 15.9 Å². The minimum atomic E-state index is -1.62. The summed E-state index contributed by atoms with van der Waals surface area (Å²) in [6.07, 6.45) is -1.90. The first-order valence-electron chi connectivity index (χ1n) is 9.18. The highest BCUT2D eigenvalue weighted by molar-refractivity contribution is 9.10. The number of amides is 2. The van der Waals surface area contributed by atoms with Gasteiger partial charge in [-0.1, -0.05) is 12.1 Å². The van der Waals surface area contributed by atoms with E-state index in [1.165, 1.54) is 4.90 Å². The molecule has 1 aromatic heterocycles. The first-order valence-corrected chi connectivity index (χ1v) is 9.97. The molecule has 0 fully saturated rings. The van der Waals surface area contributed by atoms with Gasteiger partial charge < -0.3 is 24.9 Å². The van der Waals surface area contributed by atoms with Crippen molar-refractivity contribution in [2.75, 3.05) is 14.1 Å². The molecule has 0 saturated carbocycles. The molecular formula is C21H18BrF2N3O5. The van der Waals surface area contributed by atoms with Crippen LogP contribution in [0.25, 0.3) is 11.3 Å². The van der Waals surface area contributed by atoms with Gasteiger partial charge in [-0.2, -0.15) is 0 Å². The van der Waals surface area contributed by atoms with Gasteiger partial charge in [0.1, 0.15) is 17.1 Å². The van der Waals surface area contributed by atoms with Crippen LogP contribution in [0.1, 0.15) is 26.6 Å². The monoisotopic (exact) mass is 509 g/mol. The Kier molecular flexibility index (Phi) is 6.90. The van der Waals surface area contributed by atoms with Crippen LogP contribution in [0.2, 0.25) is 0 Å². The van der Waals surface area contributed by atoms with Crippen molar-refractivity contribution in [3.05, 3.63) is 69.7 Å². The first kappa shape index (κ1) is 23.4. The van der Waals surface area contributed by atoms with E-state index in [4.69, 9.17) is 14.9 Å². The lowest BCUT2D eigenvalue weighted by Gasteiger charge is -2.13. The van der Waals surface area contributed by atoms with Gasteiger partial charge in [-0.05, 0) is 40.2 Å². The number of nitrogens with two attached hydrogens (primary N) is 1. The molecule has 0 radical (unpaired) electrons. The number of ether oxygens (including phenoxy) is 1. The summed E-state index contributed by atoms with van der Waals surface area (Å²) in [7, 11) is 3.30. The van der Waals surface area contributed by atoms with Crippen molar-refractivity contribution in [2.45, 2.75) is 12.7 Å². The number of halogens is 3. The molecule has 1 heterocycles. The number of carbonyl (C=O) groups excluding carboxylic acids is 2. The SMILES string of the molecule is CN(C)C(=O)c1ccc(-c2nc(CC(O)Oc3ccc(F)c(C(N)=O)c3F)oc2Br)cc1. The first-order chi connectivity index (χ1) is 15.1. The van der Waals surface area contributed by atoms with Crippen LogP contribution in [0.15, 0.2) is 45.5 Å². The number of carbonyl (C=O) groups is 2. The fraction of sp³-hybridized carbons (Fsp3) is 0.190. The number of oxazole rings is 1. The molecule has 1 unspecified atom stereocenters. The summed E-state index contributed by atoms with van der Waals surface area (Å²) >= 11 is 3.25. The van der Waals surface area contributed by atoms with Crippen LogP contribution in [0.5, 0.6) is 5.75 Å². The van der Waals surface area contributed by atoms with Crippen molar-refractivity contribution >= 4 is 27.7 Å². The van der Waals surface area contributed by atoms with Gasteiger partial charge in [-0.3, -0.25) is 9.59 Å². The minimum Gasteiger partial charge on any atom is -0.461 e. The Morgan fingerprint density at radius 3 is 2.47 bits per heavy atom. The Morgan fingerprint density at radius 2 is 1.88 bits per heavy atom. The zero-order valence-electron chi connectivity index (χ0n) is 16.9. The molecule has 11 heteroatoms. The van der Waals surface area contributed by atoms with Gasteiger partial charge in [-0.25, -0.2) is 13.8 Å². The van der Waals surface area contributed by atoms with Crippen molar-refractivity contribution in [3.63, 3.8) is 0 Å². The molecule has 1 atom stereocenters. The molecule has 8 nitrogen and oxygen atoms in total. The van der Waals surface area contributed by atoms with Gasteiger partial charge >= 0.3 is 0 Å². The van der Waals surface area contributed by atoms with E-state index in [1.807, 2.05) is 0 Å². The summed E-state index contributed by atoms with van der Waals surface area (Å²) < 4.78 is 38.6. The van der Waals surface area contributed by atoms with Gasteiger partial charge in [0.2, 0.25) is 12.2 Å². The van der Waals surface area contributed by atoms with Gasteiger partial charge in [0.15, 0.2) is 16.2 Å². The fourth-order valence-corrected chi connectivity index (χ4v) is 3.33. The van der Waals surface area contributed by atoms with E-state index in [2.05, 4.69) is 20.9 Å². The van der Waals surface area contributed by atoms with Gasteiger partial charge in [0.25, 0.3) is 11.8 Å². The standard InChI is InChI=1S/C21H18BrF2N3O5/c1-27(2)21(30)11-5-3-10(4-6-11)18-19(22)32-14(26-18)9-15(28)31-13-8-7-12(23)16(17(13)24)20(25)29/h3-8,15,28H,9H2,1-2H3,(H2,25,29). The number of benzene rings is 2. The molecule has 0 aliphatic rings. The van der Waals surface area contributed by atoms with Gasteiger partial charge in [0, 0.05) is 25.2 Å². The molecule has 2 amide bonds. The van der Waals surface area contributed by atoms with Crippen molar-refractivity contribution in [2.24, 2.45) is 5.73 Å². The van der Waals surface area contributed by atoms with E-state index in [-0.39, 0.29) is 22.9 Å². The number of aromatic nitrogens is 1. The molecule has 0 aliphatic carbocycles. The van der Waals surface area contributed by atoms with Crippen LogP contribution in [0, 0.1) is 11.6 Å². The third-order valence-corrected chi connectivity index (χ3v) is 4.89. The highest BCUT2D eigenvalue weighted by Crippen LogP contribution is 2.30. The normalized spacial score (nSPS) is 11.8. The predicted molar refractivity (Wildman–Crippen MR) is 113 cm³/mol. The number of hydrogen-bond donors (Lipinski definition) is 2. The molecule has 2 aromatic carbocycles. The average molecular weight is 510 g/mol. The predicted octanol–water partition coefficient (Wildman–Crippen LogP) is 3.12. The van der Waals surface area contributed by atoms with E-state index in [0.29, 0.717) is 16.8 Å². The Labute approximate surface area is 189 Å². The summed E-state index contributed by atoms with van der Waals surface area (Å²) in [5.74, 6) is -4.41. The molecule has 3 aromatic rings. The summed E-state index contributed by atoms with van der Waals surface area (Å²) in [6, 6.07) is 8.39. The third-order valence-electron chi connectivity index (χ3n) is 4.36. The van der Waals surface area contributed by atoms with Crippen LogP contribution in [-0.2, 0) is 6.42 Å². The third kappa shape index (κ3) is 4.94. The highest BCUT2D eigenvalue weighted by Gasteiger charge is 2.22. The van der Waals surface area contributed by atoms with E-state index in [9.17, 15) is 23.5 Å². The summed E-state index contributed by atoms with van der Waals surface area (Å²) in [6.45, 7) is 0. The molecule has 168 valence electrons. The second kappa shape index (κ2) is 9.45. The number of rotatable bonds is 7. The largest absolute Gasteiger partial charge is 0.461 e. The van der Waals surface area contributed by atoms with E-state index in [0.717, 1.165) is 12.1 Å². The average Bonchev–Trinajstić information content (AvgIpc) is 3.09. The van der Waals surface area contributed by atoms with E-state index < -0.39 is 35.1 Å². The molecule has 0 spiro atoms. The lowest BCUT2D eigenvalue weighted by atomic mass is 10.1. The summed E-state index contributed by atoms with van der Waals surface area (Å²) in [5.41, 5.74) is 5.56. The molecule has 0 aliphatic heterocycles. The Balaban J connectivity index is 1.75. The minimum absolute atomic E-state index is 0.0606. The van der Waals surface area contributed by atoms with E-state index >= 15 is 0 Å². The zero-order valence-corrected chi connectivity index (χ0v) is 18.5. The molecule has 3 N–H and O–H groups in total. The van der Waals surface area contributed by atoms with Crippen LogP contribution in [-0.4, -0.2) is 47.2 Å². The number of aliphatic hydroxyl groups excluding tert-OH is 1. The van der Waals surface area contributed by atoms with Crippen LogP contribution < -0.4 is 10.5 Å².